The third-order valence-corrected chi connectivity index (χ3v) is 6.37. The predicted octanol–water partition coefficient (Wildman–Crippen LogP) is 3.07. The Morgan fingerprint density at radius 2 is 1.87 bits per heavy atom. The van der Waals surface area contributed by atoms with Gasteiger partial charge in [-0.25, -0.2) is 0 Å². The molecule has 1 atom stereocenters. The Balaban J connectivity index is 1.33. The van der Waals surface area contributed by atoms with E-state index in [2.05, 4.69) is 20.4 Å². The van der Waals surface area contributed by atoms with Crippen LogP contribution in [0.4, 0.5) is 5.82 Å². The fourth-order valence-electron chi connectivity index (χ4n) is 4.33. The summed E-state index contributed by atoms with van der Waals surface area (Å²) in [6.07, 6.45) is 3.47. The lowest BCUT2D eigenvalue weighted by Crippen LogP contribution is -2.50. The molecule has 1 aromatic carbocycles. The molecule has 3 heterocycles. The number of nitrogens with zero attached hydrogens (tertiary/aromatic N) is 3. The Morgan fingerprint density at radius 3 is 2.57 bits per heavy atom. The van der Waals surface area contributed by atoms with Gasteiger partial charge in [0, 0.05) is 56.2 Å². The van der Waals surface area contributed by atoms with Gasteiger partial charge >= 0.3 is 0 Å². The number of hydrogen-bond acceptors (Lipinski definition) is 4. The van der Waals surface area contributed by atoms with Crippen molar-refractivity contribution in [1.29, 1.82) is 0 Å². The van der Waals surface area contributed by atoms with Crippen LogP contribution in [-0.2, 0) is 9.59 Å². The number of H-pyrrole nitrogens is 1. The summed E-state index contributed by atoms with van der Waals surface area (Å²) in [5.41, 5.74) is 1.99. The highest BCUT2D eigenvalue weighted by molar-refractivity contribution is 6.30. The van der Waals surface area contributed by atoms with Crippen LogP contribution in [-0.4, -0.2) is 59.1 Å². The average Bonchev–Trinajstić information content (AvgIpc) is 3.25. The van der Waals surface area contributed by atoms with Crippen molar-refractivity contribution in [3.63, 3.8) is 0 Å². The van der Waals surface area contributed by atoms with E-state index >= 15 is 0 Å². The summed E-state index contributed by atoms with van der Waals surface area (Å²) in [7, 11) is 0. The largest absolute Gasteiger partial charge is 0.353 e. The molecule has 2 amide bonds. The first-order valence-corrected chi connectivity index (χ1v) is 11.0. The Bertz CT molecular complexity index is 889. The molecule has 160 valence electrons. The summed E-state index contributed by atoms with van der Waals surface area (Å²) >= 11 is 5.97. The number of benzene rings is 1. The van der Waals surface area contributed by atoms with Gasteiger partial charge in [0.2, 0.25) is 11.8 Å². The third kappa shape index (κ3) is 4.78. The number of amides is 2. The fraction of sp³-hybridized carbons (Fsp3) is 0.500. The average molecular weight is 430 g/mol. The van der Waals surface area contributed by atoms with E-state index in [-0.39, 0.29) is 23.8 Å². The van der Waals surface area contributed by atoms with Crippen molar-refractivity contribution in [3.05, 3.63) is 35.4 Å². The van der Waals surface area contributed by atoms with Gasteiger partial charge in [-0.3, -0.25) is 14.7 Å². The fourth-order valence-corrected chi connectivity index (χ4v) is 4.46. The number of rotatable bonds is 4. The highest BCUT2D eigenvalue weighted by atomic mass is 35.5. The van der Waals surface area contributed by atoms with Crippen LogP contribution in [0.5, 0.6) is 0 Å². The van der Waals surface area contributed by atoms with Crippen LogP contribution in [0.1, 0.15) is 32.6 Å². The number of nitrogens with one attached hydrogen (secondary N) is 2. The molecule has 2 fully saturated rings. The van der Waals surface area contributed by atoms with Crippen LogP contribution in [0.25, 0.3) is 11.3 Å². The molecule has 2 aliphatic rings. The third-order valence-electron chi connectivity index (χ3n) is 6.12. The molecule has 4 rings (SSSR count). The van der Waals surface area contributed by atoms with E-state index in [1.807, 2.05) is 35.2 Å². The molecule has 0 radical (unpaired) electrons. The van der Waals surface area contributed by atoms with Crippen molar-refractivity contribution in [2.45, 2.75) is 38.6 Å². The van der Waals surface area contributed by atoms with E-state index in [0.717, 1.165) is 55.8 Å². The monoisotopic (exact) mass is 429 g/mol. The molecule has 8 heteroatoms. The minimum atomic E-state index is -0.00197. The molecule has 1 aromatic heterocycles. The van der Waals surface area contributed by atoms with Crippen LogP contribution < -0.4 is 10.2 Å². The van der Waals surface area contributed by atoms with Gasteiger partial charge in [-0.2, -0.15) is 5.10 Å². The maximum atomic E-state index is 12.7. The highest BCUT2D eigenvalue weighted by Crippen LogP contribution is 2.25. The first-order valence-electron chi connectivity index (χ1n) is 10.6. The first-order chi connectivity index (χ1) is 14.5. The van der Waals surface area contributed by atoms with Gasteiger partial charge in [0.1, 0.15) is 0 Å². The van der Waals surface area contributed by atoms with Crippen molar-refractivity contribution in [3.8, 4) is 11.3 Å². The molecule has 2 N–H and O–H groups in total. The van der Waals surface area contributed by atoms with Gasteiger partial charge in [-0.05, 0) is 43.4 Å². The zero-order valence-electron chi connectivity index (χ0n) is 17.2. The molecule has 2 aromatic rings. The number of aromatic amines is 1. The molecule has 30 heavy (non-hydrogen) atoms. The zero-order valence-corrected chi connectivity index (χ0v) is 18.0. The number of carbonyl (C=O) groups excluding carboxylic acids is 2. The van der Waals surface area contributed by atoms with Gasteiger partial charge in [0.25, 0.3) is 0 Å². The molecule has 2 saturated heterocycles. The van der Waals surface area contributed by atoms with Gasteiger partial charge in [0.05, 0.1) is 5.69 Å². The summed E-state index contributed by atoms with van der Waals surface area (Å²) < 4.78 is 0. The van der Waals surface area contributed by atoms with Gasteiger partial charge in [0.15, 0.2) is 5.82 Å². The molecular formula is C22H28ClN5O2. The Kier molecular flexibility index (Phi) is 6.27. The summed E-state index contributed by atoms with van der Waals surface area (Å²) in [5, 5.41) is 11.5. The molecule has 2 aliphatic heterocycles. The number of likely N-dealkylation sites (tertiary alicyclic amines) is 1. The minimum absolute atomic E-state index is 0.00197. The van der Waals surface area contributed by atoms with Crippen LogP contribution in [0, 0.1) is 5.92 Å². The van der Waals surface area contributed by atoms with Crippen LogP contribution >= 0.6 is 11.6 Å². The second-order valence-corrected chi connectivity index (χ2v) is 8.66. The molecule has 0 bridgehead atoms. The number of piperidine rings is 2. The van der Waals surface area contributed by atoms with E-state index in [4.69, 9.17) is 11.6 Å². The quantitative estimate of drug-likeness (QED) is 0.782. The van der Waals surface area contributed by atoms with E-state index in [0.29, 0.717) is 18.1 Å². The summed E-state index contributed by atoms with van der Waals surface area (Å²) in [6.45, 7) is 4.61. The van der Waals surface area contributed by atoms with Gasteiger partial charge in [-0.1, -0.05) is 23.7 Å². The smallest absolute Gasteiger partial charge is 0.223 e. The van der Waals surface area contributed by atoms with Crippen molar-refractivity contribution in [1.82, 2.24) is 20.4 Å². The minimum Gasteiger partial charge on any atom is -0.353 e. The summed E-state index contributed by atoms with van der Waals surface area (Å²) in [5.74, 6) is 1.11. The van der Waals surface area contributed by atoms with Crippen LogP contribution in [0.2, 0.25) is 5.02 Å². The van der Waals surface area contributed by atoms with E-state index in [1.54, 1.807) is 6.92 Å². The summed E-state index contributed by atoms with van der Waals surface area (Å²) in [4.78, 5) is 28.3. The second kappa shape index (κ2) is 9.08. The topological polar surface area (TPSA) is 81.3 Å². The lowest BCUT2D eigenvalue weighted by Gasteiger charge is -2.35. The van der Waals surface area contributed by atoms with Crippen LogP contribution in [0.15, 0.2) is 30.3 Å². The molecule has 0 spiro atoms. The van der Waals surface area contributed by atoms with E-state index in [1.165, 1.54) is 0 Å². The van der Waals surface area contributed by atoms with Crippen LogP contribution in [0.3, 0.4) is 0 Å². The molecule has 7 nitrogen and oxygen atoms in total. The van der Waals surface area contributed by atoms with Crippen molar-refractivity contribution in [2.75, 3.05) is 31.1 Å². The van der Waals surface area contributed by atoms with Crippen molar-refractivity contribution >= 4 is 29.2 Å². The summed E-state index contributed by atoms with van der Waals surface area (Å²) in [6, 6.07) is 9.83. The van der Waals surface area contributed by atoms with E-state index in [9.17, 15) is 9.59 Å². The van der Waals surface area contributed by atoms with Gasteiger partial charge < -0.3 is 15.1 Å². The predicted molar refractivity (Wildman–Crippen MR) is 117 cm³/mol. The Morgan fingerprint density at radius 1 is 1.13 bits per heavy atom. The zero-order chi connectivity index (χ0) is 21.1. The van der Waals surface area contributed by atoms with Crippen molar-refractivity contribution in [2.24, 2.45) is 5.92 Å². The molecule has 0 saturated carbocycles. The second-order valence-electron chi connectivity index (χ2n) is 8.22. The first kappa shape index (κ1) is 20.7. The number of anilines is 1. The van der Waals surface area contributed by atoms with E-state index < -0.39 is 0 Å². The SMILES string of the molecule is CC(=O)N1CCC(C(=O)N[C@@H]2CCCN(c3cc(-c4ccc(Cl)cc4)[nH]n3)C2)CC1. The molecular weight excluding hydrogens is 402 g/mol. The number of hydrogen-bond donors (Lipinski definition) is 2. The molecule has 0 unspecified atom stereocenters. The lowest BCUT2D eigenvalue weighted by molar-refractivity contribution is -0.134. The van der Waals surface area contributed by atoms with Crippen molar-refractivity contribution < 1.29 is 9.59 Å². The maximum absolute atomic E-state index is 12.7. The van der Waals surface area contributed by atoms with Gasteiger partial charge in [-0.15, -0.1) is 0 Å². The standard InChI is InChI=1S/C22H28ClN5O2/c1-15(29)27-11-8-17(9-12-27)22(30)24-19-3-2-10-28(14-19)21-13-20(25-26-21)16-4-6-18(23)7-5-16/h4-7,13,17,19H,2-3,8-12,14H2,1H3,(H,24,30)(H,25,26)/t19-/m1/s1. The Labute approximate surface area is 181 Å². The lowest BCUT2D eigenvalue weighted by atomic mass is 9.95. The molecule has 0 aliphatic carbocycles. The normalized spacial score (nSPS) is 20.3. The maximum Gasteiger partial charge on any atom is 0.223 e. The number of halogens is 1. The highest BCUT2D eigenvalue weighted by Gasteiger charge is 2.29. The Hall–Kier alpha value is -2.54. The number of aromatic nitrogens is 2. The number of carbonyl (C=O) groups is 2.